The monoisotopic (exact) mass is 444 g/mol. The van der Waals surface area contributed by atoms with Crippen LogP contribution in [-0.2, 0) is 10.0 Å². The number of nitro groups is 1. The lowest BCUT2D eigenvalue weighted by molar-refractivity contribution is -0.384. The number of benzene rings is 2. The SMILES string of the molecule is Cc1cccc(N2CCN(c3ccc(S(=O)(=O)N4CCCC4)cc3[N+](=O)[O-])CC2)c1C. The van der Waals surface area contributed by atoms with Crippen LogP contribution in [0.5, 0.6) is 0 Å². The molecule has 0 bridgehead atoms. The van der Waals surface area contributed by atoms with E-state index in [2.05, 4.69) is 36.9 Å². The van der Waals surface area contributed by atoms with E-state index in [9.17, 15) is 18.5 Å². The van der Waals surface area contributed by atoms with E-state index in [0.29, 0.717) is 31.9 Å². The quantitative estimate of drug-likeness (QED) is 0.519. The fourth-order valence-corrected chi connectivity index (χ4v) is 5.96. The van der Waals surface area contributed by atoms with Crippen molar-refractivity contribution < 1.29 is 13.3 Å². The molecule has 0 aromatic heterocycles. The Hall–Kier alpha value is -2.65. The summed E-state index contributed by atoms with van der Waals surface area (Å²) in [5, 5.41) is 11.8. The van der Waals surface area contributed by atoms with Crippen molar-refractivity contribution in [1.82, 2.24) is 4.31 Å². The summed E-state index contributed by atoms with van der Waals surface area (Å²) in [6, 6.07) is 10.6. The number of nitro benzene ring substituents is 1. The van der Waals surface area contributed by atoms with Crippen LogP contribution in [0, 0.1) is 24.0 Å². The predicted octanol–water partition coefficient (Wildman–Crippen LogP) is 3.32. The second-order valence-electron chi connectivity index (χ2n) is 8.21. The zero-order valence-corrected chi connectivity index (χ0v) is 18.8. The Kier molecular flexibility index (Phi) is 5.90. The van der Waals surface area contributed by atoms with E-state index in [-0.39, 0.29) is 10.6 Å². The first-order chi connectivity index (χ1) is 14.8. The van der Waals surface area contributed by atoms with Crippen molar-refractivity contribution in [3.63, 3.8) is 0 Å². The largest absolute Gasteiger partial charge is 0.368 e. The van der Waals surface area contributed by atoms with Gasteiger partial charge in [-0.05, 0) is 56.0 Å². The Bertz CT molecular complexity index is 1090. The number of anilines is 2. The van der Waals surface area contributed by atoms with Gasteiger partial charge in [0.15, 0.2) is 0 Å². The summed E-state index contributed by atoms with van der Waals surface area (Å²) in [4.78, 5) is 15.6. The van der Waals surface area contributed by atoms with Crippen molar-refractivity contribution in [2.75, 3.05) is 49.1 Å². The average Bonchev–Trinajstić information content (AvgIpc) is 3.31. The molecule has 0 atom stereocenters. The van der Waals surface area contributed by atoms with Gasteiger partial charge in [-0.25, -0.2) is 8.42 Å². The Morgan fingerprint density at radius 3 is 2.10 bits per heavy atom. The molecule has 0 aliphatic carbocycles. The van der Waals surface area contributed by atoms with Crippen LogP contribution in [0.1, 0.15) is 24.0 Å². The first-order valence-corrected chi connectivity index (χ1v) is 12.1. The van der Waals surface area contributed by atoms with Crippen LogP contribution in [0.4, 0.5) is 17.1 Å². The van der Waals surface area contributed by atoms with Crippen LogP contribution in [0.3, 0.4) is 0 Å². The highest BCUT2D eigenvalue weighted by Crippen LogP contribution is 2.34. The highest BCUT2D eigenvalue weighted by Gasteiger charge is 2.31. The molecular weight excluding hydrogens is 416 g/mol. The van der Waals surface area contributed by atoms with E-state index in [1.165, 1.54) is 33.3 Å². The van der Waals surface area contributed by atoms with Gasteiger partial charge in [-0.1, -0.05) is 12.1 Å². The summed E-state index contributed by atoms with van der Waals surface area (Å²) in [6.07, 6.45) is 1.65. The number of hydrogen-bond acceptors (Lipinski definition) is 6. The Morgan fingerprint density at radius 1 is 0.871 bits per heavy atom. The van der Waals surface area contributed by atoms with Crippen LogP contribution < -0.4 is 9.80 Å². The lowest BCUT2D eigenvalue weighted by Gasteiger charge is -2.38. The lowest BCUT2D eigenvalue weighted by Crippen LogP contribution is -2.47. The number of piperazine rings is 1. The van der Waals surface area contributed by atoms with Crippen LogP contribution in [0.25, 0.3) is 0 Å². The zero-order chi connectivity index (χ0) is 22.2. The van der Waals surface area contributed by atoms with Gasteiger partial charge in [-0.2, -0.15) is 4.31 Å². The lowest BCUT2D eigenvalue weighted by atomic mass is 10.1. The maximum absolute atomic E-state index is 12.8. The third-order valence-electron chi connectivity index (χ3n) is 6.38. The second kappa shape index (κ2) is 8.47. The van der Waals surface area contributed by atoms with E-state index in [0.717, 1.165) is 25.9 Å². The summed E-state index contributed by atoms with van der Waals surface area (Å²) in [5.74, 6) is 0. The summed E-state index contributed by atoms with van der Waals surface area (Å²) >= 11 is 0. The maximum Gasteiger partial charge on any atom is 0.293 e. The van der Waals surface area contributed by atoms with Gasteiger partial charge in [0.1, 0.15) is 5.69 Å². The molecule has 2 heterocycles. The minimum atomic E-state index is -3.69. The summed E-state index contributed by atoms with van der Waals surface area (Å²) < 4.78 is 27.1. The number of aryl methyl sites for hydroxylation is 1. The molecular formula is C22H28N4O4S. The summed E-state index contributed by atoms with van der Waals surface area (Å²) in [7, 11) is -3.69. The molecule has 0 radical (unpaired) electrons. The number of rotatable bonds is 5. The standard InChI is InChI=1S/C22H28N4O4S/c1-17-6-5-7-20(18(17)2)23-12-14-24(15-13-23)21-9-8-19(16-22(21)26(27)28)31(29,30)25-10-3-4-11-25/h5-9,16H,3-4,10-15H2,1-2H3. The molecule has 0 unspecified atom stereocenters. The molecule has 2 aromatic carbocycles. The Labute approximate surface area is 183 Å². The smallest absolute Gasteiger partial charge is 0.293 e. The molecule has 0 amide bonds. The molecule has 2 aliphatic rings. The Balaban J connectivity index is 1.56. The summed E-state index contributed by atoms with van der Waals surface area (Å²) in [6.45, 7) is 7.90. The molecule has 2 fully saturated rings. The predicted molar refractivity (Wildman–Crippen MR) is 121 cm³/mol. The van der Waals surface area contributed by atoms with Gasteiger partial charge in [0.25, 0.3) is 5.69 Å². The van der Waals surface area contributed by atoms with Crippen molar-refractivity contribution in [3.05, 3.63) is 57.6 Å². The molecule has 31 heavy (non-hydrogen) atoms. The molecule has 2 aromatic rings. The fourth-order valence-electron chi connectivity index (χ4n) is 4.42. The van der Waals surface area contributed by atoms with Gasteiger partial charge in [0, 0.05) is 51.0 Å². The highest BCUT2D eigenvalue weighted by molar-refractivity contribution is 7.89. The first-order valence-electron chi connectivity index (χ1n) is 10.6. The van der Waals surface area contributed by atoms with E-state index in [4.69, 9.17) is 0 Å². The fraction of sp³-hybridized carbons (Fsp3) is 0.455. The molecule has 166 valence electrons. The van der Waals surface area contributed by atoms with Gasteiger partial charge in [0.05, 0.1) is 9.82 Å². The van der Waals surface area contributed by atoms with Crippen LogP contribution >= 0.6 is 0 Å². The van der Waals surface area contributed by atoms with Gasteiger partial charge >= 0.3 is 0 Å². The van der Waals surface area contributed by atoms with Crippen LogP contribution in [0.15, 0.2) is 41.3 Å². The van der Waals surface area contributed by atoms with Gasteiger partial charge < -0.3 is 9.80 Å². The topological polar surface area (TPSA) is 87.0 Å². The zero-order valence-electron chi connectivity index (χ0n) is 18.0. The summed E-state index contributed by atoms with van der Waals surface area (Å²) in [5.41, 5.74) is 4.01. The molecule has 2 saturated heterocycles. The molecule has 0 saturated carbocycles. The maximum atomic E-state index is 12.8. The normalized spacial score (nSPS) is 17.9. The van der Waals surface area contributed by atoms with Gasteiger partial charge in [-0.3, -0.25) is 10.1 Å². The van der Waals surface area contributed by atoms with Crippen molar-refractivity contribution >= 4 is 27.1 Å². The Morgan fingerprint density at radius 2 is 1.48 bits per heavy atom. The van der Waals surface area contributed by atoms with E-state index in [1.807, 2.05) is 4.90 Å². The van der Waals surface area contributed by atoms with Crippen molar-refractivity contribution in [2.45, 2.75) is 31.6 Å². The number of sulfonamides is 1. The van der Waals surface area contributed by atoms with E-state index >= 15 is 0 Å². The van der Waals surface area contributed by atoms with Gasteiger partial charge in [0.2, 0.25) is 10.0 Å². The van der Waals surface area contributed by atoms with Crippen molar-refractivity contribution in [1.29, 1.82) is 0 Å². The molecule has 2 aliphatic heterocycles. The highest BCUT2D eigenvalue weighted by atomic mass is 32.2. The number of hydrogen-bond donors (Lipinski definition) is 0. The molecule has 4 rings (SSSR count). The van der Waals surface area contributed by atoms with Crippen LogP contribution in [0.2, 0.25) is 0 Å². The average molecular weight is 445 g/mol. The minimum Gasteiger partial charge on any atom is -0.368 e. The molecule has 9 heteroatoms. The third-order valence-corrected chi connectivity index (χ3v) is 8.28. The number of nitrogens with zero attached hydrogens (tertiary/aromatic N) is 4. The molecule has 8 nitrogen and oxygen atoms in total. The molecule has 0 N–H and O–H groups in total. The van der Waals surface area contributed by atoms with E-state index in [1.54, 1.807) is 6.07 Å². The van der Waals surface area contributed by atoms with E-state index < -0.39 is 14.9 Å². The second-order valence-corrected chi connectivity index (χ2v) is 10.1. The minimum absolute atomic E-state index is 0.00104. The van der Waals surface area contributed by atoms with Crippen LogP contribution in [-0.4, -0.2) is 56.9 Å². The molecule has 0 spiro atoms. The van der Waals surface area contributed by atoms with Crippen molar-refractivity contribution in [3.8, 4) is 0 Å². The first kappa shape index (κ1) is 21.6. The third kappa shape index (κ3) is 4.12. The van der Waals surface area contributed by atoms with Crippen molar-refractivity contribution in [2.24, 2.45) is 0 Å². The van der Waals surface area contributed by atoms with Gasteiger partial charge in [-0.15, -0.1) is 0 Å².